The van der Waals surface area contributed by atoms with Gasteiger partial charge in [-0.15, -0.1) is 0 Å². The summed E-state index contributed by atoms with van der Waals surface area (Å²) in [6.45, 7) is -0.292. The average Bonchev–Trinajstić information content (AvgIpc) is 2.73. The minimum Gasteiger partial charge on any atom is -0.711 e. The fourth-order valence-electron chi connectivity index (χ4n) is 2.40. The molecule has 0 N–H and O–H groups in total. The van der Waals surface area contributed by atoms with Crippen LogP contribution in [0, 0.1) is 5.21 Å². The van der Waals surface area contributed by atoms with Crippen LogP contribution in [0.3, 0.4) is 0 Å². The number of ether oxygens (including phenoxy) is 1. The van der Waals surface area contributed by atoms with Crippen molar-refractivity contribution in [2.75, 3.05) is 11.4 Å². The molecule has 8 nitrogen and oxygen atoms in total. The van der Waals surface area contributed by atoms with Crippen LogP contribution in [-0.2, 0) is 21.4 Å². The number of anilines is 1. The zero-order valence-corrected chi connectivity index (χ0v) is 15.7. The third kappa shape index (κ3) is 4.09. The predicted octanol–water partition coefficient (Wildman–Crippen LogP) is 1.90. The van der Waals surface area contributed by atoms with E-state index in [1.165, 1.54) is 49.8 Å². The van der Waals surface area contributed by atoms with Gasteiger partial charge in [0.25, 0.3) is 10.0 Å². The Morgan fingerprint density at radius 2 is 1.79 bits per heavy atom. The van der Waals surface area contributed by atoms with E-state index in [0.717, 1.165) is 4.31 Å². The van der Waals surface area contributed by atoms with Gasteiger partial charge in [-0.2, -0.15) is 0 Å². The maximum Gasteiger partial charge on any atom is 0.339 e. The number of sulfonamides is 1. The van der Waals surface area contributed by atoms with E-state index >= 15 is 0 Å². The van der Waals surface area contributed by atoms with Crippen LogP contribution in [0.25, 0.3) is 0 Å². The van der Waals surface area contributed by atoms with Crippen molar-refractivity contribution in [3.8, 4) is 0 Å². The monoisotopic (exact) mass is 399 g/mol. The van der Waals surface area contributed by atoms with E-state index < -0.39 is 16.0 Å². The van der Waals surface area contributed by atoms with Gasteiger partial charge in [-0.3, -0.25) is 4.31 Å². The zero-order chi connectivity index (χ0) is 20.1. The van der Waals surface area contributed by atoms with Crippen molar-refractivity contribution in [1.29, 1.82) is 0 Å². The summed E-state index contributed by atoms with van der Waals surface area (Å²) in [5.41, 5.74) is 0.682. The molecule has 0 atom stereocenters. The molecule has 0 fully saturated rings. The highest BCUT2D eigenvalue weighted by molar-refractivity contribution is 7.92. The van der Waals surface area contributed by atoms with E-state index in [-0.39, 0.29) is 22.9 Å². The van der Waals surface area contributed by atoms with E-state index in [9.17, 15) is 18.4 Å². The first-order chi connectivity index (χ1) is 13.4. The maximum absolute atomic E-state index is 12.7. The fraction of sp³-hybridized carbons (Fsp3) is 0.105. The fourth-order valence-corrected chi connectivity index (χ4v) is 3.60. The van der Waals surface area contributed by atoms with Crippen LogP contribution in [0.15, 0.2) is 78.0 Å². The topological polar surface area (TPSA) is 104 Å². The third-order valence-corrected chi connectivity index (χ3v) is 5.79. The number of rotatable bonds is 6. The van der Waals surface area contributed by atoms with Crippen LogP contribution in [0.5, 0.6) is 0 Å². The van der Waals surface area contributed by atoms with E-state index in [1.807, 2.05) is 0 Å². The van der Waals surface area contributed by atoms with E-state index in [0.29, 0.717) is 10.4 Å². The number of nitrogens with zero attached hydrogens (tertiary/aromatic N) is 3. The highest BCUT2D eigenvalue weighted by atomic mass is 32.2. The summed E-state index contributed by atoms with van der Waals surface area (Å²) in [7, 11) is -2.31. The lowest BCUT2D eigenvalue weighted by Crippen LogP contribution is -2.33. The zero-order valence-electron chi connectivity index (χ0n) is 14.9. The molecule has 0 unspecified atom stereocenters. The SMILES string of the molecule is CN(c1ccccc1)S(=O)(=O)c1ccc(C(=O)OCc2nccc[n+]2[O-])cc1. The van der Waals surface area contributed by atoms with Crippen LogP contribution in [0.2, 0.25) is 0 Å². The molecule has 0 aliphatic rings. The lowest BCUT2D eigenvalue weighted by atomic mass is 10.2. The number of para-hydroxylation sites is 1. The van der Waals surface area contributed by atoms with Crippen molar-refractivity contribution in [2.24, 2.45) is 0 Å². The van der Waals surface area contributed by atoms with Gasteiger partial charge < -0.3 is 9.94 Å². The minimum absolute atomic E-state index is 0.0394. The highest BCUT2D eigenvalue weighted by Gasteiger charge is 2.22. The summed E-state index contributed by atoms with van der Waals surface area (Å²) in [6.07, 6.45) is 2.67. The van der Waals surface area contributed by atoms with Gasteiger partial charge >= 0.3 is 11.8 Å². The molecule has 0 aliphatic heterocycles. The van der Waals surface area contributed by atoms with Crippen LogP contribution >= 0.6 is 0 Å². The summed E-state index contributed by atoms with van der Waals surface area (Å²) in [6, 6.07) is 15.5. The minimum atomic E-state index is -3.77. The van der Waals surface area contributed by atoms with Crippen LogP contribution < -0.4 is 9.04 Å². The van der Waals surface area contributed by atoms with Crippen molar-refractivity contribution in [3.63, 3.8) is 0 Å². The second kappa shape index (κ2) is 8.05. The Bertz CT molecular complexity index is 1070. The largest absolute Gasteiger partial charge is 0.711 e. The smallest absolute Gasteiger partial charge is 0.339 e. The predicted molar refractivity (Wildman–Crippen MR) is 101 cm³/mol. The molecule has 0 radical (unpaired) electrons. The number of aromatic nitrogens is 2. The Labute approximate surface area is 162 Å². The number of carbonyl (C=O) groups is 1. The Morgan fingerprint density at radius 3 is 2.43 bits per heavy atom. The molecule has 1 heterocycles. The van der Waals surface area contributed by atoms with Crippen LogP contribution in [0.4, 0.5) is 5.69 Å². The quantitative estimate of drug-likeness (QED) is 0.356. The first kappa shape index (κ1) is 19.3. The molecule has 0 amide bonds. The normalized spacial score (nSPS) is 11.0. The molecule has 2 aromatic carbocycles. The van der Waals surface area contributed by atoms with E-state index in [4.69, 9.17) is 4.74 Å². The molecule has 0 spiro atoms. The van der Waals surface area contributed by atoms with Crippen LogP contribution in [0.1, 0.15) is 16.2 Å². The summed E-state index contributed by atoms with van der Waals surface area (Å²) >= 11 is 0. The molecule has 1 aromatic heterocycles. The lowest BCUT2D eigenvalue weighted by molar-refractivity contribution is -0.620. The van der Waals surface area contributed by atoms with Gasteiger partial charge in [0.2, 0.25) is 0 Å². The number of esters is 1. The van der Waals surface area contributed by atoms with Gasteiger partial charge in [0.05, 0.1) is 22.3 Å². The number of carbonyl (C=O) groups excluding carboxylic acids is 1. The molecule has 3 rings (SSSR count). The first-order valence-electron chi connectivity index (χ1n) is 8.24. The Hall–Kier alpha value is -3.46. The number of hydrogen-bond acceptors (Lipinski definition) is 6. The summed E-state index contributed by atoms with van der Waals surface area (Å²) < 4.78 is 32.2. The summed E-state index contributed by atoms with van der Waals surface area (Å²) in [5, 5.41) is 11.5. The average molecular weight is 399 g/mol. The molecule has 3 aromatic rings. The molecule has 0 saturated heterocycles. The van der Waals surface area contributed by atoms with Gasteiger partial charge in [0.1, 0.15) is 6.20 Å². The Kier molecular flexibility index (Phi) is 5.55. The molecule has 28 heavy (non-hydrogen) atoms. The molecular formula is C19H17N3O5S. The number of hydrogen-bond donors (Lipinski definition) is 0. The third-order valence-electron chi connectivity index (χ3n) is 3.99. The Morgan fingerprint density at radius 1 is 1.11 bits per heavy atom. The van der Waals surface area contributed by atoms with Crippen molar-refractivity contribution in [2.45, 2.75) is 11.5 Å². The summed E-state index contributed by atoms with van der Waals surface area (Å²) in [5.74, 6) is -0.648. The van der Waals surface area contributed by atoms with Crippen LogP contribution in [-0.4, -0.2) is 26.4 Å². The molecule has 9 heteroatoms. The van der Waals surface area contributed by atoms with Gasteiger partial charge in [0, 0.05) is 13.1 Å². The second-order valence-corrected chi connectivity index (χ2v) is 7.74. The standard InChI is InChI=1S/C19H17N3O5S/c1-21(16-6-3-2-4-7-16)28(25,26)17-10-8-15(9-11-17)19(23)27-14-18-20-12-5-13-22(18)24/h2-13H,14H2,1H3. The van der Waals surface area contributed by atoms with Gasteiger partial charge in [-0.1, -0.05) is 18.2 Å². The molecule has 0 bridgehead atoms. The molecule has 0 aliphatic carbocycles. The lowest BCUT2D eigenvalue weighted by Gasteiger charge is -2.19. The summed E-state index contributed by atoms with van der Waals surface area (Å²) in [4.78, 5) is 16.0. The van der Waals surface area contributed by atoms with Gasteiger partial charge in [-0.25, -0.2) is 17.9 Å². The highest BCUT2D eigenvalue weighted by Crippen LogP contribution is 2.22. The van der Waals surface area contributed by atoms with E-state index in [1.54, 1.807) is 30.3 Å². The molecular weight excluding hydrogens is 382 g/mol. The molecule has 144 valence electrons. The van der Waals surface area contributed by atoms with Gasteiger partial charge in [-0.05, 0) is 41.4 Å². The van der Waals surface area contributed by atoms with Crippen molar-refractivity contribution in [1.82, 2.24) is 4.98 Å². The maximum atomic E-state index is 12.7. The van der Waals surface area contributed by atoms with Crippen molar-refractivity contribution >= 4 is 21.7 Å². The molecule has 0 saturated carbocycles. The number of benzene rings is 2. The van der Waals surface area contributed by atoms with Crippen molar-refractivity contribution in [3.05, 3.63) is 89.7 Å². The second-order valence-electron chi connectivity index (χ2n) is 5.77. The van der Waals surface area contributed by atoms with Gasteiger partial charge in [0.15, 0.2) is 6.61 Å². The van der Waals surface area contributed by atoms with E-state index in [2.05, 4.69) is 4.98 Å². The van der Waals surface area contributed by atoms with Crippen molar-refractivity contribution < 1.29 is 22.7 Å². The Balaban J connectivity index is 1.72. The first-order valence-corrected chi connectivity index (χ1v) is 9.68.